The maximum absolute atomic E-state index is 13.6. The van der Waals surface area contributed by atoms with E-state index in [1.165, 1.54) is 17.7 Å². The van der Waals surface area contributed by atoms with Crippen LogP contribution in [-0.4, -0.2) is 62.3 Å². The molecule has 4 rings (SSSR count). The molecule has 2 aromatic rings. The molecular weight excluding hydrogens is 419 g/mol. The molecule has 33 heavy (non-hydrogen) atoms. The summed E-state index contributed by atoms with van der Waals surface area (Å²) >= 11 is 0. The van der Waals surface area contributed by atoms with Crippen molar-refractivity contribution in [3.05, 3.63) is 53.8 Å². The van der Waals surface area contributed by atoms with Crippen LogP contribution < -0.4 is 19.9 Å². The Morgan fingerprint density at radius 1 is 1.09 bits per heavy atom. The van der Waals surface area contributed by atoms with Gasteiger partial charge in [0.1, 0.15) is 11.6 Å². The Morgan fingerprint density at radius 3 is 2.52 bits per heavy atom. The molecule has 2 heterocycles. The summed E-state index contributed by atoms with van der Waals surface area (Å²) in [5.41, 5.74) is 2.88. The number of hydrogen-bond donors (Lipinski definition) is 1. The van der Waals surface area contributed by atoms with Crippen LogP contribution in [0.5, 0.6) is 5.75 Å². The van der Waals surface area contributed by atoms with E-state index in [0.717, 1.165) is 56.9 Å². The van der Waals surface area contributed by atoms with Gasteiger partial charge in [-0.25, -0.2) is 9.18 Å². The minimum absolute atomic E-state index is 0.0330. The fraction of sp³-hybridized carbons (Fsp3) is 0.500. The van der Waals surface area contributed by atoms with Crippen LogP contribution in [0.4, 0.5) is 20.6 Å². The van der Waals surface area contributed by atoms with Crippen LogP contribution >= 0.6 is 0 Å². The van der Waals surface area contributed by atoms with Crippen LogP contribution in [0.15, 0.2) is 42.5 Å². The fourth-order valence-electron chi connectivity index (χ4n) is 4.82. The summed E-state index contributed by atoms with van der Waals surface area (Å²) in [6.07, 6.45) is 1.92. The zero-order chi connectivity index (χ0) is 23.6. The van der Waals surface area contributed by atoms with Gasteiger partial charge >= 0.3 is 6.03 Å². The number of rotatable bonds is 4. The summed E-state index contributed by atoms with van der Waals surface area (Å²) in [5.74, 6) is 0.276. The lowest BCUT2D eigenvalue weighted by atomic mass is 9.95. The molecule has 0 saturated carbocycles. The standard InChI is InChI=1S/C26H35FN4O2/c1-26(2,3)28-25(32)31-21(11-9-19-7-5-6-8-22(19)31)18-29-13-15-30(16-14-29)23-12-10-20(27)17-24(23)33-4/h5-8,10,12,17,21H,9,11,13-16,18H2,1-4H3,(H,28,32). The largest absolute Gasteiger partial charge is 0.494 e. The molecule has 1 fully saturated rings. The molecule has 0 aromatic heterocycles. The monoisotopic (exact) mass is 454 g/mol. The van der Waals surface area contributed by atoms with Crippen molar-refractivity contribution in [1.82, 2.24) is 10.2 Å². The highest BCUT2D eigenvalue weighted by atomic mass is 19.1. The number of benzene rings is 2. The molecular formula is C26H35FN4O2. The number of methoxy groups -OCH3 is 1. The first kappa shape index (κ1) is 23.4. The van der Waals surface area contributed by atoms with Gasteiger partial charge in [0, 0.05) is 50.0 Å². The van der Waals surface area contributed by atoms with E-state index < -0.39 is 0 Å². The number of ether oxygens (including phenoxy) is 1. The Hall–Kier alpha value is -2.80. The maximum Gasteiger partial charge on any atom is 0.322 e. The number of para-hydroxylation sites is 1. The van der Waals surface area contributed by atoms with E-state index in [0.29, 0.717) is 5.75 Å². The number of carbonyl (C=O) groups excluding carboxylic acids is 1. The first-order valence-electron chi connectivity index (χ1n) is 11.8. The molecule has 2 amide bonds. The van der Waals surface area contributed by atoms with Crippen LogP contribution in [0.2, 0.25) is 0 Å². The molecule has 0 radical (unpaired) electrons. The third-order valence-corrected chi connectivity index (χ3v) is 6.39. The number of amides is 2. The van der Waals surface area contributed by atoms with Crippen LogP contribution in [0.1, 0.15) is 32.8 Å². The van der Waals surface area contributed by atoms with Crippen molar-refractivity contribution in [3.63, 3.8) is 0 Å². The Kier molecular flexibility index (Phi) is 6.79. The van der Waals surface area contributed by atoms with E-state index in [9.17, 15) is 9.18 Å². The van der Waals surface area contributed by atoms with Gasteiger partial charge in [0.25, 0.3) is 0 Å². The zero-order valence-electron chi connectivity index (χ0n) is 20.1. The Balaban J connectivity index is 1.45. The van der Waals surface area contributed by atoms with Gasteiger partial charge in [0.2, 0.25) is 0 Å². The Bertz CT molecular complexity index is 982. The lowest BCUT2D eigenvalue weighted by Gasteiger charge is -2.43. The summed E-state index contributed by atoms with van der Waals surface area (Å²) in [6, 6.07) is 13.0. The predicted octanol–water partition coefficient (Wildman–Crippen LogP) is 4.29. The third kappa shape index (κ3) is 5.41. The van der Waals surface area contributed by atoms with Crippen LogP contribution in [-0.2, 0) is 6.42 Å². The van der Waals surface area contributed by atoms with Gasteiger partial charge in [-0.2, -0.15) is 0 Å². The second-order valence-corrected chi connectivity index (χ2v) is 9.98. The second-order valence-electron chi connectivity index (χ2n) is 9.98. The van der Waals surface area contributed by atoms with Crippen LogP contribution in [0, 0.1) is 5.82 Å². The predicted molar refractivity (Wildman–Crippen MR) is 131 cm³/mol. The molecule has 6 nitrogen and oxygen atoms in total. The third-order valence-electron chi connectivity index (χ3n) is 6.39. The summed E-state index contributed by atoms with van der Waals surface area (Å²) < 4.78 is 19.0. The molecule has 2 aliphatic heterocycles. The zero-order valence-corrected chi connectivity index (χ0v) is 20.1. The smallest absolute Gasteiger partial charge is 0.322 e. The molecule has 1 atom stereocenters. The van der Waals surface area contributed by atoms with Crippen LogP contribution in [0.3, 0.4) is 0 Å². The topological polar surface area (TPSA) is 48.1 Å². The normalized spacial score (nSPS) is 19.2. The summed E-state index contributed by atoms with van der Waals surface area (Å²) in [6.45, 7) is 10.3. The summed E-state index contributed by atoms with van der Waals surface area (Å²) in [4.78, 5) is 20.0. The maximum atomic E-state index is 13.6. The first-order valence-corrected chi connectivity index (χ1v) is 11.8. The van der Waals surface area contributed by atoms with Crippen molar-refractivity contribution in [2.24, 2.45) is 0 Å². The van der Waals surface area contributed by atoms with Crippen molar-refractivity contribution >= 4 is 17.4 Å². The van der Waals surface area contributed by atoms with Crippen molar-refractivity contribution in [2.75, 3.05) is 49.6 Å². The van der Waals surface area contributed by atoms with E-state index in [4.69, 9.17) is 4.74 Å². The van der Waals surface area contributed by atoms with E-state index >= 15 is 0 Å². The average molecular weight is 455 g/mol. The summed E-state index contributed by atoms with van der Waals surface area (Å²) in [7, 11) is 1.58. The van der Waals surface area contributed by atoms with Gasteiger partial charge in [-0.15, -0.1) is 0 Å². The van der Waals surface area contributed by atoms with Gasteiger partial charge in [-0.05, 0) is 57.4 Å². The Morgan fingerprint density at radius 2 is 1.82 bits per heavy atom. The van der Waals surface area contributed by atoms with Gasteiger partial charge in [-0.1, -0.05) is 18.2 Å². The number of fused-ring (bicyclic) bond motifs is 1. The molecule has 1 unspecified atom stereocenters. The highest BCUT2D eigenvalue weighted by Crippen LogP contribution is 2.33. The molecule has 2 aromatic carbocycles. The van der Waals surface area contributed by atoms with E-state index in [2.05, 4.69) is 27.2 Å². The lowest BCUT2D eigenvalue weighted by Crippen LogP contribution is -2.58. The molecule has 0 spiro atoms. The summed E-state index contributed by atoms with van der Waals surface area (Å²) in [5, 5.41) is 3.16. The van der Waals surface area contributed by atoms with Crippen molar-refractivity contribution in [1.29, 1.82) is 0 Å². The average Bonchev–Trinajstić information content (AvgIpc) is 2.78. The highest BCUT2D eigenvalue weighted by molar-refractivity contribution is 5.94. The van der Waals surface area contributed by atoms with Gasteiger partial charge in [0.15, 0.2) is 0 Å². The van der Waals surface area contributed by atoms with Crippen LogP contribution in [0.25, 0.3) is 0 Å². The fourth-order valence-corrected chi connectivity index (χ4v) is 4.82. The molecule has 0 aliphatic carbocycles. The number of urea groups is 1. The molecule has 1 saturated heterocycles. The number of hydrogen-bond acceptors (Lipinski definition) is 4. The van der Waals surface area contributed by atoms with E-state index in [-0.39, 0.29) is 23.4 Å². The molecule has 1 N–H and O–H groups in total. The number of piperazine rings is 1. The number of anilines is 2. The minimum atomic E-state index is -0.298. The number of nitrogens with zero attached hydrogens (tertiary/aromatic N) is 3. The van der Waals surface area contributed by atoms with Gasteiger partial charge in [-0.3, -0.25) is 9.80 Å². The first-order chi connectivity index (χ1) is 15.7. The van der Waals surface area contributed by atoms with Gasteiger partial charge in [0.05, 0.1) is 18.8 Å². The minimum Gasteiger partial charge on any atom is -0.494 e. The second kappa shape index (κ2) is 9.59. The molecule has 2 aliphatic rings. The van der Waals surface area contributed by atoms with Crippen molar-refractivity contribution < 1.29 is 13.9 Å². The molecule has 0 bridgehead atoms. The number of halogens is 1. The number of nitrogens with one attached hydrogen (secondary N) is 1. The quantitative estimate of drug-likeness (QED) is 0.749. The number of aryl methyl sites for hydroxylation is 1. The lowest BCUT2D eigenvalue weighted by molar-refractivity contribution is 0.215. The van der Waals surface area contributed by atoms with Crippen molar-refractivity contribution in [3.8, 4) is 5.75 Å². The molecule has 7 heteroatoms. The van der Waals surface area contributed by atoms with Gasteiger partial charge < -0.3 is 15.0 Å². The van der Waals surface area contributed by atoms with E-state index in [1.807, 2.05) is 37.8 Å². The van der Waals surface area contributed by atoms with Crippen molar-refractivity contribution in [2.45, 2.75) is 45.2 Å². The SMILES string of the molecule is COc1cc(F)ccc1N1CCN(CC2CCc3ccccc3N2C(=O)NC(C)(C)C)CC1. The highest BCUT2D eigenvalue weighted by Gasteiger charge is 2.34. The Labute approximate surface area is 196 Å². The van der Waals surface area contributed by atoms with E-state index in [1.54, 1.807) is 13.2 Å². The molecule has 178 valence electrons. The number of carbonyl (C=O) groups is 1.